The van der Waals surface area contributed by atoms with Crippen LogP contribution in [-0.2, 0) is 11.3 Å². The molecule has 0 spiro atoms. The summed E-state index contributed by atoms with van der Waals surface area (Å²) in [6, 6.07) is 29.1. The molecule has 4 rings (SSSR count). The van der Waals surface area contributed by atoms with E-state index in [0.717, 1.165) is 28.9 Å². The highest BCUT2D eigenvalue weighted by atomic mass is 16.5. The molecule has 0 unspecified atom stereocenters. The van der Waals surface area contributed by atoms with Crippen LogP contribution in [0.3, 0.4) is 0 Å². The molecule has 0 saturated heterocycles. The van der Waals surface area contributed by atoms with E-state index in [2.05, 4.69) is 60.7 Å². The van der Waals surface area contributed by atoms with Gasteiger partial charge in [0, 0.05) is 17.9 Å². The third-order valence-electron chi connectivity index (χ3n) is 4.98. The third kappa shape index (κ3) is 4.10. The highest BCUT2D eigenvalue weighted by Gasteiger charge is 2.14. The standard InChI is InChI=1S/C25H24O3/c1-26-24-14-8-13-21-17-22(28-25(21)24)18-27-16-15-23(19-9-4-2-5-10-19)20-11-6-3-7-12-20/h2-14,17,23H,15-16,18H2,1H3. The Kier molecular flexibility index (Phi) is 5.74. The smallest absolute Gasteiger partial charge is 0.176 e. The van der Waals surface area contributed by atoms with Gasteiger partial charge < -0.3 is 13.9 Å². The number of para-hydroxylation sites is 1. The second kappa shape index (κ2) is 8.77. The van der Waals surface area contributed by atoms with E-state index in [1.54, 1.807) is 7.11 Å². The molecule has 0 N–H and O–H groups in total. The molecule has 0 aliphatic carbocycles. The van der Waals surface area contributed by atoms with Crippen LogP contribution in [0.25, 0.3) is 11.0 Å². The number of benzene rings is 3. The molecule has 0 radical (unpaired) electrons. The molecule has 0 atom stereocenters. The lowest BCUT2D eigenvalue weighted by molar-refractivity contribution is 0.103. The molecule has 0 bridgehead atoms. The predicted octanol–water partition coefficient (Wildman–Crippen LogP) is 6.18. The minimum absolute atomic E-state index is 0.318. The summed E-state index contributed by atoms with van der Waals surface area (Å²) in [5.74, 6) is 1.88. The number of ether oxygens (including phenoxy) is 2. The monoisotopic (exact) mass is 372 g/mol. The van der Waals surface area contributed by atoms with Gasteiger partial charge in [-0.1, -0.05) is 72.8 Å². The maximum atomic E-state index is 5.96. The maximum absolute atomic E-state index is 5.96. The van der Waals surface area contributed by atoms with Crippen molar-refractivity contribution in [1.29, 1.82) is 0 Å². The Labute approximate surface area is 165 Å². The Morgan fingerprint density at radius 3 is 2.14 bits per heavy atom. The number of methoxy groups -OCH3 is 1. The Bertz CT molecular complexity index is 966. The molecule has 4 aromatic rings. The highest BCUT2D eigenvalue weighted by Crippen LogP contribution is 2.30. The molecule has 3 heteroatoms. The fourth-order valence-electron chi connectivity index (χ4n) is 3.59. The van der Waals surface area contributed by atoms with Gasteiger partial charge >= 0.3 is 0 Å². The molecular formula is C25H24O3. The van der Waals surface area contributed by atoms with Crippen molar-refractivity contribution in [2.24, 2.45) is 0 Å². The van der Waals surface area contributed by atoms with Crippen molar-refractivity contribution < 1.29 is 13.9 Å². The summed E-state index contributed by atoms with van der Waals surface area (Å²) in [6.07, 6.45) is 0.914. The molecular weight excluding hydrogens is 348 g/mol. The van der Waals surface area contributed by atoms with E-state index in [4.69, 9.17) is 13.9 Å². The van der Waals surface area contributed by atoms with E-state index < -0.39 is 0 Å². The Morgan fingerprint density at radius 1 is 0.821 bits per heavy atom. The summed E-state index contributed by atoms with van der Waals surface area (Å²) in [4.78, 5) is 0. The molecule has 1 heterocycles. The number of hydrogen-bond acceptors (Lipinski definition) is 3. The molecule has 0 amide bonds. The lowest BCUT2D eigenvalue weighted by atomic mass is 9.89. The lowest BCUT2D eigenvalue weighted by Crippen LogP contribution is -2.06. The molecule has 28 heavy (non-hydrogen) atoms. The summed E-state index contributed by atoms with van der Waals surface area (Å²) in [5.41, 5.74) is 3.39. The van der Waals surface area contributed by atoms with Crippen LogP contribution in [0.5, 0.6) is 5.75 Å². The van der Waals surface area contributed by atoms with E-state index in [-0.39, 0.29) is 0 Å². The first-order valence-corrected chi connectivity index (χ1v) is 9.58. The minimum Gasteiger partial charge on any atom is -0.493 e. The maximum Gasteiger partial charge on any atom is 0.176 e. The molecule has 3 nitrogen and oxygen atoms in total. The fourth-order valence-corrected chi connectivity index (χ4v) is 3.59. The first-order chi connectivity index (χ1) is 13.8. The molecule has 0 aliphatic rings. The van der Waals surface area contributed by atoms with Gasteiger partial charge in [-0.2, -0.15) is 0 Å². The van der Waals surface area contributed by atoms with E-state index in [1.165, 1.54) is 11.1 Å². The van der Waals surface area contributed by atoms with Gasteiger partial charge in [0.1, 0.15) is 12.4 Å². The quantitative estimate of drug-likeness (QED) is 0.346. The van der Waals surface area contributed by atoms with Gasteiger partial charge in [0.2, 0.25) is 0 Å². The largest absolute Gasteiger partial charge is 0.493 e. The van der Waals surface area contributed by atoms with Gasteiger partial charge in [-0.15, -0.1) is 0 Å². The SMILES string of the molecule is COc1cccc2cc(COCCC(c3ccccc3)c3ccccc3)oc12. The Hall–Kier alpha value is -3.04. The van der Waals surface area contributed by atoms with Crippen molar-refractivity contribution in [3.05, 3.63) is 102 Å². The van der Waals surface area contributed by atoms with Crippen LogP contribution in [-0.4, -0.2) is 13.7 Å². The second-order valence-corrected chi connectivity index (χ2v) is 6.81. The highest BCUT2D eigenvalue weighted by molar-refractivity contribution is 5.83. The van der Waals surface area contributed by atoms with Crippen molar-refractivity contribution in [2.45, 2.75) is 18.9 Å². The van der Waals surface area contributed by atoms with E-state index in [1.807, 2.05) is 24.3 Å². The third-order valence-corrected chi connectivity index (χ3v) is 4.98. The van der Waals surface area contributed by atoms with Crippen molar-refractivity contribution in [3.8, 4) is 5.75 Å². The molecule has 142 valence electrons. The zero-order chi connectivity index (χ0) is 19.2. The van der Waals surface area contributed by atoms with Crippen LogP contribution in [0.15, 0.2) is 89.3 Å². The van der Waals surface area contributed by atoms with Gasteiger partial charge in [0.15, 0.2) is 11.3 Å². The van der Waals surface area contributed by atoms with Crippen LogP contribution in [0.1, 0.15) is 29.2 Å². The minimum atomic E-state index is 0.318. The Morgan fingerprint density at radius 2 is 1.50 bits per heavy atom. The summed E-state index contributed by atoms with van der Waals surface area (Å²) in [7, 11) is 1.65. The van der Waals surface area contributed by atoms with Crippen LogP contribution in [0, 0.1) is 0 Å². The number of rotatable bonds is 8. The lowest BCUT2D eigenvalue weighted by Gasteiger charge is -2.18. The van der Waals surface area contributed by atoms with Crippen LogP contribution in [0.4, 0.5) is 0 Å². The first-order valence-electron chi connectivity index (χ1n) is 9.58. The summed E-state index contributed by atoms with van der Waals surface area (Å²) in [6.45, 7) is 1.11. The van der Waals surface area contributed by atoms with Gasteiger partial charge in [0.25, 0.3) is 0 Å². The molecule has 0 fully saturated rings. The number of hydrogen-bond donors (Lipinski definition) is 0. The fraction of sp³-hybridized carbons (Fsp3) is 0.200. The predicted molar refractivity (Wildman–Crippen MR) is 112 cm³/mol. The Balaban J connectivity index is 1.41. The average Bonchev–Trinajstić information content (AvgIpc) is 3.18. The van der Waals surface area contributed by atoms with E-state index in [9.17, 15) is 0 Å². The zero-order valence-corrected chi connectivity index (χ0v) is 16.0. The summed E-state index contributed by atoms with van der Waals surface area (Å²) >= 11 is 0. The zero-order valence-electron chi connectivity index (χ0n) is 16.0. The molecule has 3 aromatic carbocycles. The van der Waals surface area contributed by atoms with Crippen molar-refractivity contribution >= 4 is 11.0 Å². The number of furan rings is 1. The summed E-state index contributed by atoms with van der Waals surface area (Å²) in [5, 5.41) is 1.03. The van der Waals surface area contributed by atoms with Crippen molar-refractivity contribution in [2.75, 3.05) is 13.7 Å². The number of fused-ring (bicyclic) bond motifs is 1. The molecule has 1 aromatic heterocycles. The molecule has 0 aliphatic heterocycles. The van der Waals surface area contributed by atoms with Gasteiger partial charge in [-0.25, -0.2) is 0 Å². The van der Waals surface area contributed by atoms with Crippen molar-refractivity contribution in [3.63, 3.8) is 0 Å². The van der Waals surface area contributed by atoms with Gasteiger partial charge in [-0.05, 0) is 29.7 Å². The second-order valence-electron chi connectivity index (χ2n) is 6.81. The average molecular weight is 372 g/mol. The molecule has 0 saturated carbocycles. The van der Waals surface area contributed by atoms with E-state index in [0.29, 0.717) is 19.1 Å². The van der Waals surface area contributed by atoms with E-state index >= 15 is 0 Å². The van der Waals surface area contributed by atoms with Gasteiger partial charge in [0.05, 0.1) is 7.11 Å². The van der Waals surface area contributed by atoms with Crippen molar-refractivity contribution in [1.82, 2.24) is 0 Å². The summed E-state index contributed by atoms with van der Waals surface area (Å²) < 4.78 is 17.2. The topological polar surface area (TPSA) is 31.6 Å². The normalized spacial score (nSPS) is 11.2. The first kappa shape index (κ1) is 18.3. The van der Waals surface area contributed by atoms with Gasteiger partial charge in [-0.3, -0.25) is 0 Å². The van der Waals surface area contributed by atoms with Crippen LogP contribution < -0.4 is 4.74 Å². The van der Waals surface area contributed by atoms with Crippen LogP contribution >= 0.6 is 0 Å². The van der Waals surface area contributed by atoms with Crippen LogP contribution in [0.2, 0.25) is 0 Å².